The zero-order valence-electron chi connectivity index (χ0n) is 18.8. The Morgan fingerprint density at radius 3 is 2.28 bits per heavy atom. The summed E-state index contributed by atoms with van der Waals surface area (Å²) in [6, 6.07) is 12.9. The molecule has 0 N–H and O–H groups in total. The molecule has 4 rings (SSSR count). The number of amides is 1. The van der Waals surface area contributed by atoms with E-state index in [-0.39, 0.29) is 10.8 Å². The molecule has 2 fully saturated rings. The van der Waals surface area contributed by atoms with Crippen molar-refractivity contribution in [2.45, 2.75) is 31.1 Å². The summed E-state index contributed by atoms with van der Waals surface area (Å²) in [5.41, 5.74) is 2.12. The van der Waals surface area contributed by atoms with Gasteiger partial charge in [-0.25, -0.2) is 8.42 Å². The highest BCUT2D eigenvalue weighted by atomic mass is 32.2. The number of carbonyl (C=O) groups is 1. The van der Waals surface area contributed by atoms with Crippen LogP contribution in [-0.2, 0) is 10.0 Å². The fourth-order valence-corrected chi connectivity index (χ4v) is 6.25. The third-order valence-electron chi connectivity index (χ3n) is 6.36. The molecule has 0 atom stereocenters. The Bertz CT molecular complexity index is 1070. The molecule has 2 saturated heterocycles. The number of piperidine rings is 1. The number of methoxy groups -OCH3 is 1. The third-order valence-corrected chi connectivity index (χ3v) is 8.40. The number of carbonyl (C=O) groups excluding carboxylic acids is 1. The first-order valence-corrected chi connectivity index (χ1v) is 12.6. The monoisotopic (exact) mass is 457 g/mol. The molecule has 2 aromatic rings. The van der Waals surface area contributed by atoms with E-state index in [9.17, 15) is 13.2 Å². The topological polar surface area (TPSA) is 70.2 Å². The van der Waals surface area contributed by atoms with Crippen LogP contribution in [0.1, 0.15) is 35.2 Å². The predicted octanol–water partition coefficient (Wildman–Crippen LogP) is 3.14. The SMILES string of the molecule is COc1ccccc1N1CCN(C(=O)c2ccc(C)c(S(=O)(=O)N3CCCCC3)c2)CC1. The summed E-state index contributed by atoms with van der Waals surface area (Å²) in [7, 11) is -1.93. The predicted molar refractivity (Wildman–Crippen MR) is 125 cm³/mol. The van der Waals surface area contributed by atoms with Crippen LogP contribution in [0.15, 0.2) is 47.4 Å². The van der Waals surface area contributed by atoms with Crippen molar-refractivity contribution in [1.82, 2.24) is 9.21 Å². The second-order valence-corrected chi connectivity index (χ2v) is 10.3. The zero-order chi connectivity index (χ0) is 22.7. The van der Waals surface area contributed by atoms with Crippen LogP contribution in [0.4, 0.5) is 5.69 Å². The number of hydrogen-bond donors (Lipinski definition) is 0. The largest absolute Gasteiger partial charge is 0.495 e. The van der Waals surface area contributed by atoms with Crippen LogP contribution in [0.25, 0.3) is 0 Å². The van der Waals surface area contributed by atoms with Crippen LogP contribution in [0.3, 0.4) is 0 Å². The quantitative estimate of drug-likeness (QED) is 0.690. The molecule has 1 amide bonds. The Balaban J connectivity index is 1.49. The molecule has 172 valence electrons. The van der Waals surface area contributed by atoms with Crippen LogP contribution >= 0.6 is 0 Å². The molecule has 2 aliphatic heterocycles. The summed E-state index contributed by atoms with van der Waals surface area (Å²) in [6.45, 7) is 5.40. The lowest BCUT2D eigenvalue weighted by molar-refractivity contribution is 0.0746. The summed E-state index contributed by atoms with van der Waals surface area (Å²) < 4.78 is 33.4. The Kier molecular flexibility index (Phi) is 6.71. The van der Waals surface area contributed by atoms with Crippen LogP contribution in [-0.4, -0.2) is 69.9 Å². The molecule has 32 heavy (non-hydrogen) atoms. The first-order chi connectivity index (χ1) is 15.4. The summed E-state index contributed by atoms with van der Waals surface area (Å²) >= 11 is 0. The lowest BCUT2D eigenvalue weighted by Crippen LogP contribution is -2.49. The number of nitrogens with zero attached hydrogens (tertiary/aromatic N) is 3. The molecule has 0 aromatic heterocycles. The molecule has 0 bridgehead atoms. The second-order valence-electron chi connectivity index (χ2n) is 8.40. The minimum Gasteiger partial charge on any atom is -0.495 e. The summed E-state index contributed by atoms with van der Waals surface area (Å²) in [4.78, 5) is 17.5. The molecule has 8 heteroatoms. The minimum absolute atomic E-state index is 0.125. The highest BCUT2D eigenvalue weighted by molar-refractivity contribution is 7.89. The average Bonchev–Trinajstić information content (AvgIpc) is 2.84. The van der Waals surface area contributed by atoms with Gasteiger partial charge in [-0.05, 0) is 49.6 Å². The van der Waals surface area contributed by atoms with Crippen molar-refractivity contribution in [1.29, 1.82) is 0 Å². The number of para-hydroxylation sites is 2. The number of rotatable bonds is 5. The van der Waals surface area contributed by atoms with E-state index in [4.69, 9.17) is 4.74 Å². The maximum absolute atomic E-state index is 13.2. The van der Waals surface area contributed by atoms with Crippen LogP contribution in [0, 0.1) is 6.92 Å². The summed E-state index contributed by atoms with van der Waals surface area (Å²) in [6.07, 6.45) is 2.82. The van der Waals surface area contributed by atoms with Gasteiger partial charge < -0.3 is 14.5 Å². The Labute approximate surface area is 190 Å². The number of sulfonamides is 1. The van der Waals surface area contributed by atoms with Gasteiger partial charge in [-0.1, -0.05) is 24.6 Å². The molecule has 0 unspecified atom stereocenters. The van der Waals surface area contributed by atoms with Crippen LogP contribution < -0.4 is 9.64 Å². The van der Waals surface area contributed by atoms with Crippen LogP contribution in [0.2, 0.25) is 0 Å². The average molecular weight is 458 g/mol. The lowest BCUT2D eigenvalue weighted by atomic mass is 10.1. The molecule has 0 radical (unpaired) electrons. The number of anilines is 1. The smallest absolute Gasteiger partial charge is 0.254 e. The van der Waals surface area contributed by atoms with Crippen molar-refractivity contribution in [2.75, 3.05) is 51.3 Å². The minimum atomic E-state index is -3.59. The number of aryl methyl sites for hydroxylation is 1. The van der Waals surface area contributed by atoms with Gasteiger partial charge in [0.05, 0.1) is 17.7 Å². The fourth-order valence-electron chi connectivity index (χ4n) is 4.48. The van der Waals surface area contributed by atoms with E-state index >= 15 is 0 Å². The highest BCUT2D eigenvalue weighted by Gasteiger charge is 2.29. The number of hydrogen-bond acceptors (Lipinski definition) is 5. The van der Waals surface area contributed by atoms with E-state index in [0.717, 1.165) is 30.7 Å². The molecule has 0 aliphatic carbocycles. The summed E-state index contributed by atoms with van der Waals surface area (Å²) in [5, 5.41) is 0. The van der Waals surface area contributed by atoms with E-state index in [1.165, 1.54) is 0 Å². The highest BCUT2D eigenvalue weighted by Crippen LogP contribution is 2.29. The van der Waals surface area contributed by atoms with Gasteiger partial charge in [0.2, 0.25) is 10.0 Å². The van der Waals surface area contributed by atoms with Gasteiger partial charge >= 0.3 is 0 Å². The molecule has 2 aliphatic rings. The lowest BCUT2D eigenvalue weighted by Gasteiger charge is -2.36. The normalized spacial score (nSPS) is 17.9. The van der Waals surface area contributed by atoms with Gasteiger partial charge in [-0.15, -0.1) is 0 Å². The van der Waals surface area contributed by atoms with Crippen molar-refractivity contribution in [3.8, 4) is 5.75 Å². The van der Waals surface area contributed by atoms with Crippen molar-refractivity contribution >= 4 is 21.6 Å². The van der Waals surface area contributed by atoms with Crippen molar-refractivity contribution in [3.05, 3.63) is 53.6 Å². The fraction of sp³-hybridized carbons (Fsp3) is 0.458. The van der Waals surface area contributed by atoms with E-state index < -0.39 is 10.0 Å². The third kappa shape index (κ3) is 4.47. The Hall–Kier alpha value is -2.58. The second kappa shape index (κ2) is 9.50. The Morgan fingerprint density at radius 2 is 1.59 bits per heavy atom. The first kappa shape index (κ1) is 22.6. The van der Waals surface area contributed by atoms with E-state index in [1.807, 2.05) is 24.3 Å². The van der Waals surface area contributed by atoms with Gasteiger partial charge in [0.1, 0.15) is 5.75 Å². The van der Waals surface area contributed by atoms with Gasteiger partial charge in [-0.2, -0.15) is 4.31 Å². The van der Waals surface area contributed by atoms with E-state index in [2.05, 4.69) is 4.90 Å². The van der Waals surface area contributed by atoms with E-state index in [1.54, 1.807) is 41.4 Å². The standard InChI is InChI=1S/C24H31N3O4S/c1-19-10-11-20(18-23(19)32(29,30)27-12-6-3-7-13-27)24(28)26-16-14-25(15-17-26)21-8-4-5-9-22(21)31-2/h4-5,8-11,18H,3,6-7,12-17H2,1-2H3. The molecule has 0 spiro atoms. The van der Waals surface area contributed by atoms with Crippen LogP contribution in [0.5, 0.6) is 5.75 Å². The number of benzene rings is 2. The van der Waals surface area contributed by atoms with Gasteiger partial charge in [0, 0.05) is 44.8 Å². The van der Waals surface area contributed by atoms with Gasteiger partial charge in [-0.3, -0.25) is 4.79 Å². The maximum Gasteiger partial charge on any atom is 0.254 e. The molecule has 7 nitrogen and oxygen atoms in total. The zero-order valence-corrected chi connectivity index (χ0v) is 19.6. The molecular weight excluding hydrogens is 426 g/mol. The van der Waals surface area contributed by atoms with Gasteiger partial charge in [0.25, 0.3) is 5.91 Å². The molecule has 0 saturated carbocycles. The van der Waals surface area contributed by atoms with Crippen molar-refractivity contribution < 1.29 is 17.9 Å². The number of piperazine rings is 1. The number of ether oxygens (including phenoxy) is 1. The van der Waals surface area contributed by atoms with E-state index in [0.29, 0.717) is 50.4 Å². The molecule has 2 heterocycles. The molecular formula is C24H31N3O4S. The Morgan fingerprint density at radius 1 is 0.906 bits per heavy atom. The van der Waals surface area contributed by atoms with Gasteiger partial charge in [0.15, 0.2) is 0 Å². The summed E-state index contributed by atoms with van der Waals surface area (Å²) in [5.74, 6) is 0.693. The van der Waals surface area contributed by atoms with Crippen molar-refractivity contribution in [2.24, 2.45) is 0 Å². The first-order valence-electron chi connectivity index (χ1n) is 11.2. The van der Waals surface area contributed by atoms with Crippen molar-refractivity contribution in [3.63, 3.8) is 0 Å². The maximum atomic E-state index is 13.2. The molecule has 2 aromatic carbocycles.